The fourth-order valence-electron chi connectivity index (χ4n) is 2.15. The van der Waals surface area contributed by atoms with Gasteiger partial charge in [0.05, 0.1) is 23.6 Å². The van der Waals surface area contributed by atoms with E-state index < -0.39 is 5.97 Å². The molecule has 0 atom stereocenters. The molecule has 2 aromatic rings. The van der Waals surface area contributed by atoms with E-state index in [0.717, 1.165) is 10.6 Å². The van der Waals surface area contributed by atoms with Crippen LogP contribution >= 0.6 is 11.8 Å². The number of nitrogens with one attached hydrogen (secondary N) is 1. The van der Waals surface area contributed by atoms with Gasteiger partial charge in [0.1, 0.15) is 11.5 Å². The predicted molar refractivity (Wildman–Crippen MR) is 88.4 cm³/mol. The molecular formula is C17H15NO4S. The fraction of sp³-hybridized carbons (Fsp3) is 0.176. The third-order valence-electron chi connectivity index (χ3n) is 3.19. The van der Waals surface area contributed by atoms with Gasteiger partial charge < -0.3 is 14.8 Å². The molecule has 1 aliphatic heterocycles. The van der Waals surface area contributed by atoms with Gasteiger partial charge in [0.25, 0.3) is 0 Å². The number of carbonyl (C=O) groups excluding carboxylic acids is 2. The second kappa shape index (κ2) is 6.75. The quantitative estimate of drug-likeness (QED) is 0.688. The highest BCUT2D eigenvalue weighted by Crippen LogP contribution is 2.32. The molecule has 0 radical (unpaired) electrons. The number of hydrogen-bond donors (Lipinski definition) is 1. The highest BCUT2D eigenvalue weighted by Gasteiger charge is 2.18. The third kappa shape index (κ3) is 3.65. The van der Waals surface area contributed by atoms with Crippen molar-refractivity contribution in [1.29, 1.82) is 0 Å². The SMILES string of the molecule is CCOc1ccc(OC(=O)c2ccc3c(c2)NC(=O)CS3)cc1. The van der Waals surface area contributed by atoms with Gasteiger partial charge in [0, 0.05) is 4.90 Å². The number of thioether (sulfide) groups is 1. The lowest BCUT2D eigenvalue weighted by molar-refractivity contribution is -0.113. The predicted octanol–water partition coefficient (Wildman–Crippen LogP) is 3.35. The van der Waals surface area contributed by atoms with Gasteiger partial charge in [-0.15, -0.1) is 11.8 Å². The zero-order valence-corrected chi connectivity index (χ0v) is 13.3. The Bertz CT molecular complexity index is 743. The smallest absolute Gasteiger partial charge is 0.343 e. The topological polar surface area (TPSA) is 64.6 Å². The van der Waals surface area contributed by atoms with E-state index in [1.165, 1.54) is 11.8 Å². The van der Waals surface area contributed by atoms with Crippen LogP contribution in [0.3, 0.4) is 0 Å². The number of amides is 1. The molecule has 3 rings (SSSR count). The minimum Gasteiger partial charge on any atom is -0.494 e. The molecule has 1 aliphatic rings. The first-order valence-corrected chi connectivity index (χ1v) is 8.16. The van der Waals surface area contributed by atoms with Crippen LogP contribution in [0.25, 0.3) is 0 Å². The summed E-state index contributed by atoms with van der Waals surface area (Å²) in [6, 6.07) is 12.0. The van der Waals surface area contributed by atoms with Gasteiger partial charge >= 0.3 is 5.97 Å². The van der Waals surface area contributed by atoms with Gasteiger partial charge in [-0.3, -0.25) is 4.79 Å². The zero-order chi connectivity index (χ0) is 16.2. The number of fused-ring (bicyclic) bond motifs is 1. The Labute approximate surface area is 138 Å². The number of benzene rings is 2. The first-order chi connectivity index (χ1) is 11.2. The van der Waals surface area contributed by atoms with Crippen molar-refractivity contribution in [3.8, 4) is 11.5 Å². The maximum Gasteiger partial charge on any atom is 0.343 e. The number of rotatable bonds is 4. The van der Waals surface area contributed by atoms with Crippen molar-refractivity contribution in [2.75, 3.05) is 17.7 Å². The Morgan fingerprint density at radius 3 is 2.65 bits per heavy atom. The summed E-state index contributed by atoms with van der Waals surface area (Å²) in [5.74, 6) is 1.01. The van der Waals surface area contributed by atoms with E-state index in [9.17, 15) is 9.59 Å². The highest BCUT2D eigenvalue weighted by molar-refractivity contribution is 8.00. The second-order valence-electron chi connectivity index (χ2n) is 4.84. The average Bonchev–Trinajstić information content (AvgIpc) is 2.56. The van der Waals surface area contributed by atoms with Crippen molar-refractivity contribution in [3.63, 3.8) is 0 Å². The van der Waals surface area contributed by atoms with Crippen LogP contribution in [0.1, 0.15) is 17.3 Å². The molecule has 2 aromatic carbocycles. The molecule has 0 bridgehead atoms. The number of hydrogen-bond acceptors (Lipinski definition) is 5. The minimum absolute atomic E-state index is 0.0699. The summed E-state index contributed by atoms with van der Waals surface area (Å²) in [6.07, 6.45) is 0. The average molecular weight is 329 g/mol. The van der Waals surface area contributed by atoms with Crippen molar-refractivity contribution < 1.29 is 19.1 Å². The minimum atomic E-state index is -0.471. The summed E-state index contributed by atoms with van der Waals surface area (Å²) < 4.78 is 10.7. The summed E-state index contributed by atoms with van der Waals surface area (Å²) in [5, 5.41) is 2.76. The zero-order valence-electron chi connectivity index (χ0n) is 12.5. The Morgan fingerprint density at radius 2 is 1.91 bits per heavy atom. The van der Waals surface area contributed by atoms with Crippen LogP contribution in [0.15, 0.2) is 47.4 Å². The molecule has 0 spiro atoms. The Morgan fingerprint density at radius 1 is 1.17 bits per heavy atom. The van der Waals surface area contributed by atoms with E-state index in [4.69, 9.17) is 9.47 Å². The van der Waals surface area contributed by atoms with Crippen LogP contribution in [0.5, 0.6) is 11.5 Å². The van der Waals surface area contributed by atoms with Crippen molar-refractivity contribution in [2.24, 2.45) is 0 Å². The summed E-state index contributed by atoms with van der Waals surface area (Å²) in [6.45, 7) is 2.49. The number of ether oxygens (including phenoxy) is 2. The Hall–Kier alpha value is -2.47. The Balaban J connectivity index is 1.73. The molecule has 0 aromatic heterocycles. The van der Waals surface area contributed by atoms with Crippen LogP contribution in [0.4, 0.5) is 5.69 Å². The van der Waals surface area contributed by atoms with E-state index in [2.05, 4.69) is 5.32 Å². The van der Waals surface area contributed by atoms with Gasteiger partial charge in [0.2, 0.25) is 5.91 Å². The monoisotopic (exact) mass is 329 g/mol. The molecule has 1 amide bonds. The maximum absolute atomic E-state index is 12.2. The molecule has 1 heterocycles. The largest absolute Gasteiger partial charge is 0.494 e. The first kappa shape index (κ1) is 15.4. The molecule has 6 heteroatoms. The summed E-state index contributed by atoms with van der Waals surface area (Å²) >= 11 is 1.45. The maximum atomic E-state index is 12.2. The van der Waals surface area contributed by atoms with Crippen LogP contribution in [0.2, 0.25) is 0 Å². The van der Waals surface area contributed by atoms with E-state index in [1.54, 1.807) is 36.4 Å². The van der Waals surface area contributed by atoms with E-state index in [1.807, 2.05) is 13.0 Å². The first-order valence-electron chi connectivity index (χ1n) is 7.17. The second-order valence-corrected chi connectivity index (χ2v) is 5.86. The van der Waals surface area contributed by atoms with Crippen LogP contribution in [0, 0.1) is 0 Å². The van der Waals surface area contributed by atoms with Gasteiger partial charge in [-0.1, -0.05) is 0 Å². The molecule has 1 N–H and O–H groups in total. The number of esters is 1. The molecule has 0 saturated heterocycles. The molecule has 5 nitrogen and oxygen atoms in total. The fourth-order valence-corrected chi connectivity index (χ4v) is 2.94. The van der Waals surface area contributed by atoms with Gasteiger partial charge in [0.15, 0.2) is 0 Å². The normalized spacial score (nSPS) is 13.0. The van der Waals surface area contributed by atoms with Gasteiger partial charge in [-0.2, -0.15) is 0 Å². The van der Waals surface area contributed by atoms with Crippen LogP contribution < -0.4 is 14.8 Å². The molecular weight excluding hydrogens is 314 g/mol. The van der Waals surface area contributed by atoms with Gasteiger partial charge in [-0.05, 0) is 49.4 Å². The molecule has 0 unspecified atom stereocenters. The van der Waals surface area contributed by atoms with Crippen LogP contribution in [-0.4, -0.2) is 24.2 Å². The number of carbonyl (C=O) groups is 2. The van der Waals surface area contributed by atoms with Crippen molar-refractivity contribution in [1.82, 2.24) is 0 Å². The lowest BCUT2D eigenvalue weighted by Crippen LogP contribution is -2.19. The van der Waals surface area contributed by atoms with Gasteiger partial charge in [-0.25, -0.2) is 4.79 Å². The molecule has 118 valence electrons. The van der Waals surface area contributed by atoms with Crippen molar-refractivity contribution >= 4 is 29.3 Å². The molecule has 0 saturated carbocycles. The summed E-state index contributed by atoms with van der Waals surface area (Å²) in [5.41, 5.74) is 1.04. The third-order valence-corrected chi connectivity index (χ3v) is 4.27. The summed E-state index contributed by atoms with van der Waals surface area (Å²) in [7, 11) is 0. The molecule has 23 heavy (non-hydrogen) atoms. The van der Waals surface area contributed by atoms with E-state index in [0.29, 0.717) is 29.4 Å². The lowest BCUT2D eigenvalue weighted by atomic mass is 10.2. The number of anilines is 1. The molecule has 0 aliphatic carbocycles. The molecule has 0 fully saturated rings. The Kier molecular flexibility index (Phi) is 4.52. The summed E-state index contributed by atoms with van der Waals surface area (Å²) in [4.78, 5) is 24.6. The van der Waals surface area contributed by atoms with Crippen molar-refractivity contribution in [2.45, 2.75) is 11.8 Å². The standard InChI is InChI=1S/C17H15NO4S/c1-2-21-12-4-6-13(7-5-12)22-17(20)11-3-8-15-14(9-11)18-16(19)10-23-15/h3-9H,2,10H2,1H3,(H,18,19). The van der Waals surface area contributed by atoms with E-state index in [-0.39, 0.29) is 5.91 Å². The highest BCUT2D eigenvalue weighted by atomic mass is 32.2. The van der Waals surface area contributed by atoms with Crippen molar-refractivity contribution in [3.05, 3.63) is 48.0 Å². The van der Waals surface area contributed by atoms with Crippen LogP contribution in [-0.2, 0) is 4.79 Å². The van der Waals surface area contributed by atoms with E-state index >= 15 is 0 Å². The lowest BCUT2D eigenvalue weighted by Gasteiger charge is -2.16.